The van der Waals surface area contributed by atoms with Crippen molar-refractivity contribution >= 4 is 0 Å². The lowest BCUT2D eigenvalue weighted by Gasteiger charge is -2.27. The molecule has 1 aliphatic carbocycles. The summed E-state index contributed by atoms with van der Waals surface area (Å²) in [5.74, 6) is 0.727. The molecule has 0 unspecified atom stereocenters. The summed E-state index contributed by atoms with van der Waals surface area (Å²) in [4.78, 5) is 4.17. The van der Waals surface area contributed by atoms with Crippen LogP contribution in [0.2, 0.25) is 0 Å². The first-order valence-electron chi connectivity index (χ1n) is 5.02. The molecule has 0 amide bonds. The van der Waals surface area contributed by atoms with Crippen LogP contribution in [0.25, 0.3) is 0 Å². The number of aryl methyl sites for hydroxylation is 1. The van der Waals surface area contributed by atoms with Crippen LogP contribution in [-0.4, -0.2) is 4.98 Å². The molecule has 1 aromatic heterocycles. The molecule has 0 aromatic carbocycles. The van der Waals surface area contributed by atoms with Crippen molar-refractivity contribution in [3.63, 3.8) is 0 Å². The van der Waals surface area contributed by atoms with Crippen LogP contribution in [0, 0.1) is 5.41 Å². The predicted molar refractivity (Wildman–Crippen MR) is 54.8 cm³/mol. The largest absolute Gasteiger partial charge is 0.264 e. The fourth-order valence-corrected chi connectivity index (χ4v) is 2.34. The first-order chi connectivity index (χ1) is 6.09. The third kappa shape index (κ3) is 1.48. The molecule has 13 heavy (non-hydrogen) atoms. The minimum atomic E-state index is 0.395. The van der Waals surface area contributed by atoms with Gasteiger partial charge in [-0.25, -0.2) is 0 Å². The van der Waals surface area contributed by atoms with E-state index in [2.05, 4.69) is 31.8 Å². The average molecular weight is 175 g/mol. The molecule has 0 fully saturated rings. The molecule has 1 atom stereocenters. The van der Waals surface area contributed by atoms with E-state index in [0.29, 0.717) is 5.41 Å². The van der Waals surface area contributed by atoms with Crippen molar-refractivity contribution in [3.05, 3.63) is 29.6 Å². The smallest absolute Gasteiger partial charge is 0.0302 e. The Morgan fingerprint density at radius 3 is 2.85 bits per heavy atom. The highest BCUT2D eigenvalue weighted by atomic mass is 14.6. The quantitative estimate of drug-likeness (QED) is 0.590. The van der Waals surface area contributed by atoms with E-state index in [1.54, 1.807) is 0 Å². The van der Waals surface area contributed by atoms with E-state index in [1.165, 1.54) is 24.0 Å². The summed E-state index contributed by atoms with van der Waals surface area (Å²) >= 11 is 0. The Kier molecular flexibility index (Phi) is 1.90. The van der Waals surface area contributed by atoms with Gasteiger partial charge in [0.05, 0.1) is 0 Å². The number of hydrogen-bond donors (Lipinski definition) is 0. The molecule has 1 nitrogen and oxygen atoms in total. The van der Waals surface area contributed by atoms with Crippen LogP contribution in [0.1, 0.15) is 44.2 Å². The van der Waals surface area contributed by atoms with Gasteiger partial charge in [0.25, 0.3) is 0 Å². The summed E-state index contributed by atoms with van der Waals surface area (Å²) in [6.45, 7) is 6.98. The van der Waals surface area contributed by atoms with E-state index in [1.807, 2.05) is 12.4 Å². The van der Waals surface area contributed by atoms with Gasteiger partial charge in [-0.05, 0) is 41.4 Å². The van der Waals surface area contributed by atoms with Gasteiger partial charge in [0, 0.05) is 12.4 Å². The molecule has 0 radical (unpaired) electrons. The van der Waals surface area contributed by atoms with Crippen LogP contribution in [0.3, 0.4) is 0 Å². The van der Waals surface area contributed by atoms with Crippen LogP contribution in [0.5, 0.6) is 0 Å². The zero-order valence-corrected chi connectivity index (χ0v) is 8.67. The molecule has 0 saturated carbocycles. The molecule has 1 aliphatic rings. The monoisotopic (exact) mass is 175 g/mol. The van der Waals surface area contributed by atoms with Gasteiger partial charge in [-0.2, -0.15) is 0 Å². The summed E-state index contributed by atoms with van der Waals surface area (Å²) in [6, 6.07) is 2.19. The van der Waals surface area contributed by atoms with Gasteiger partial charge >= 0.3 is 0 Å². The van der Waals surface area contributed by atoms with Crippen molar-refractivity contribution in [2.45, 2.75) is 39.5 Å². The van der Waals surface area contributed by atoms with E-state index >= 15 is 0 Å². The van der Waals surface area contributed by atoms with Crippen molar-refractivity contribution < 1.29 is 0 Å². The maximum Gasteiger partial charge on any atom is 0.0302 e. The minimum Gasteiger partial charge on any atom is -0.264 e. The fraction of sp³-hybridized carbons (Fsp3) is 0.583. The third-order valence-corrected chi connectivity index (χ3v) is 3.06. The second kappa shape index (κ2) is 2.83. The van der Waals surface area contributed by atoms with E-state index < -0.39 is 0 Å². The molecule has 0 spiro atoms. The predicted octanol–water partition coefficient (Wildman–Crippen LogP) is 3.16. The Labute approximate surface area is 80.2 Å². The van der Waals surface area contributed by atoms with Gasteiger partial charge in [-0.15, -0.1) is 0 Å². The van der Waals surface area contributed by atoms with Crippen LogP contribution < -0.4 is 0 Å². The molecule has 1 heteroatoms. The summed E-state index contributed by atoms with van der Waals surface area (Å²) in [5, 5.41) is 0. The SMILES string of the molecule is CC(C)(C)[C@H]1CCc2cnccc21. The van der Waals surface area contributed by atoms with Gasteiger partial charge in [0.1, 0.15) is 0 Å². The lowest BCUT2D eigenvalue weighted by atomic mass is 9.77. The molecule has 0 aliphatic heterocycles. The van der Waals surface area contributed by atoms with Crippen molar-refractivity contribution in [2.24, 2.45) is 5.41 Å². The van der Waals surface area contributed by atoms with Crippen molar-refractivity contribution in [1.29, 1.82) is 0 Å². The molecule has 2 rings (SSSR count). The molecule has 1 heterocycles. The summed E-state index contributed by atoms with van der Waals surface area (Å²) in [6.07, 6.45) is 6.46. The zero-order valence-electron chi connectivity index (χ0n) is 8.67. The molecule has 70 valence electrons. The lowest BCUT2D eigenvalue weighted by molar-refractivity contribution is 0.319. The Morgan fingerprint density at radius 2 is 2.15 bits per heavy atom. The summed E-state index contributed by atoms with van der Waals surface area (Å²) in [5.41, 5.74) is 3.39. The number of nitrogens with zero attached hydrogens (tertiary/aromatic N) is 1. The highest BCUT2D eigenvalue weighted by molar-refractivity contribution is 5.33. The van der Waals surface area contributed by atoms with Crippen LogP contribution in [0.4, 0.5) is 0 Å². The first-order valence-corrected chi connectivity index (χ1v) is 5.02. The van der Waals surface area contributed by atoms with Crippen molar-refractivity contribution in [1.82, 2.24) is 4.98 Å². The molecular weight excluding hydrogens is 158 g/mol. The highest BCUT2D eigenvalue weighted by Crippen LogP contribution is 2.44. The zero-order chi connectivity index (χ0) is 9.47. The van der Waals surface area contributed by atoms with E-state index in [-0.39, 0.29) is 0 Å². The lowest BCUT2D eigenvalue weighted by Crippen LogP contribution is -2.15. The Balaban J connectivity index is 2.39. The maximum atomic E-state index is 4.17. The fourth-order valence-electron chi connectivity index (χ4n) is 2.34. The van der Waals surface area contributed by atoms with Crippen LogP contribution in [0.15, 0.2) is 18.5 Å². The number of fused-ring (bicyclic) bond motifs is 1. The summed E-state index contributed by atoms with van der Waals surface area (Å²) in [7, 11) is 0. The molecule has 0 N–H and O–H groups in total. The topological polar surface area (TPSA) is 12.9 Å². The van der Waals surface area contributed by atoms with Gasteiger partial charge in [0.15, 0.2) is 0 Å². The highest BCUT2D eigenvalue weighted by Gasteiger charge is 2.31. The minimum absolute atomic E-state index is 0.395. The van der Waals surface area contributed by atoms with Crippen molar-refractivity contribution in [3.8, 4) is 0 Å². The third-order valence-electron chi connectivity index (χ3n) is 3.06. The Hall–Kier alpha value is -0.850. The molecule has 1 aromatic rings. The number of hydrogen-bond acceptors (Lipinski definition) is 1. The number of aromatic nitrogens is 1. The number of pyridine rings is 1. The Bertz CT molecular complexity index is 309. The van der Waals surface area contributed by atoms with Gasteiger partial charge in [-0.3, -0.25) is 4.98 Å². The standard InChI is InChI=1S/C12H17N/c1-12(2,3)11-5-4-9-8-13-7-6-10(9)11/h6-8,11H,4-5H2,1-3H3/t11-/m0/s1. The van der Waals surface area contributed by atoms with Crippen molar-refractivity contribution in [2.75, 3.05) is 0 Å². The number of rotatable bonds is 0. The van der Waals surface area contributed by atoms with Crippen LogP contribution >= 0.6 is 0 Å². The van der Waals surface area contributed by atoms with Gasteiger partial charge in [-0.1, -0.05) is 20.8 Å². The van der Waals surface area contributed by atoms with Gasteiger partial charge < -0.3 is 0 Å². The molecule has 0 bridgehead atoms. The Morgan fingerprint density at radius 1 is 1.38 bits per heavy atom. The second-order valence-electron chi connectivity index (χ2n) is 5.03. The van der Waals surface area contributed by atoms with E-state index in [9.17, 15) is 0 Å². The maximum absolute atomic E-state index is 4.17. The normalized spacial score (nSPS) is 21.6. The summed E-state index contributed by atoms with van der Waals surface area (Å²) < 4.78 is 0. The molecular formula is C12H17N. The average Bonchev–Trinajstić information content (AvgIpc) is 2.45. The van der Waals surface area contributed by atoms with Gasteiger partial charge in [0.2, 0.25) is 0 Å². The van der Waals surface area contributed by atoms with Crippen LogP contribution in [-0.2, 0) is 6.42 Å². The second-order valence-corrected chi connectivity index (χ2v) is 5.03. The molecule has 0 saturated heterocycles. The van der Waals surface area contributed by atoms with E-state index in [0.717, 1.165) is 5.92 Å². The first kappa shape index (κ1) is 8.74. The van der Waals surface area contributed by atoms with E-state index in [4.69, 9.17) is 0 Å².